The zero-order valence-electron chi connectivity index (χ0n) is 13.8. The Kier molecular flexibility index (Phi) is 6.64. The molecule has 6 nitrogen and oxygen atoms in total. The standard InChI is InChI=1S/C16H28N2O4/c1-3-21-12-15(19)18-7-4-14(5-8-18)16(20)17(2)10-13-6-9-22-11-13/h13-14H,3-12H2,1-2H3. The van der Waals surface area contributed by atoms with Gasteiger partial charge in [0.25, 0.3) is 0 Å². The lowest BCUT2D eigenvalue weighted by Gasteiger charge is -2.33. The highest BCUT2D eigenvalue weighted by Crippen LogP contribution is 2.21. The van der Waals surface area contributed by atoms with Crippen LogP contribution in [0, 0.1) is 11.8 Å². The number of ether oxygens (including phenoxy) is 2. The minimum atomic E-state index is 0.0317. The van der Waals surface area contributed by atoms with E-state index in [1.54, 1.807) is 0 Å². The zero-order chi connectivity index (χ0) is 15.9. The van der Waals surface area contributed by atoms with Crippen molar-refractivity contribution in [1.82, 2.24) is 9.80 Å². The summed E-state index contributed by atoms with van der Waals surface area (Å²) < 4.78 is 10.5. The summed E-state index contributed by atoms with van der Waals surface area (Å²) >= 11 is 0. The first-order valence-electron chi connectivity index (χ1n) is 8.30. The van der Waals surface area contributed by atoms with Gasteiger partial charge in [0.2, 0.25) is 11.8 Å². The molecule has 2 fully saturated rings. The van der Waals surface area contributed by atoms with E-state index in [1.807, 2.05) is 23.8 Å². The van der Waals surface area contributed by atoms with Crippen LogP contribution in [0.25, 0.3) is 0 Å². The molecule has 0 aromatic carbocycles. The average Bonchev–Trinajstić information content (AvgIpc) is 3.05. The van der Waals surface area contributed by atoms with Crippen molar-refractivity contribution in [1.29, 1.82) is 0 Å². The summed E-state index contributed by atoms with van der Waals surface area (Å²) in [5.41, 5.74) is 0. The molecule has 0 aromatic heterocycles. The number of piperidine rings is 1. The SMILES string of the molecule is CCOCC(=O)N1CCC(C(=O)N(C)CC2CCOC2)CC1. The molecule has 0 aliphatic carbocycles. The molecule has 2 rings (SSSR count). The number of likely N-dealkylation sites (tertiary alicyclic amines) is 1. The van der Waals surface area contributed by atoms with E-state index < -0.39 is 0 Å². The first kappa shape index (κ1) is 17.2. The third kappa shape index (κ3) is 4.68. The normalized spacial score (nSPS) is 22.8. The Balaban J connectivity index is 1.73. The Bertz CT molecular complexity index is 374. The van der Waals surface area contributed by atoms with Gasteiger partial charge in [-0.05, 0) is 26.2 Å². The summed E-state index contributed by atoms with van der Waals surface area (Å²) in [5.74, 6) is 0.762. The van der Waals surface area contributed by atoms with Gasteiger partial charge in [-0.15, -0.1) is 0 Å². The molecule has 126 valence electrons. The van der Waals surface area contributed by atoms with Gasteiger partial charge in [0.15, 0.2) is 0 Å². The zero-order valence-corrected chi connectivity index (χ0v) is 13.8. The smallest absolute Gasteiger partial charge is 0.248 e. The quantitative estimate of drug-likeness (QED) is 0.726. The van der Waals surface area contributed by atoms with Crippen LogP contribution in [-0.4, -0.2) is 74.7 Å². The van der Waals surface area contributed by atoms with Crippen molar-refractivity contribution in [3.05, 3.63) is 0 Å². The van der Waals surface area contributed by atoms with E-state index in [9.17, 15) is 9.59 Å². The van der Waals surface area contributed by atoms with E-state index in [2.05, 4.69) is 0 Å². The number of hydrogen-bond donors (Lipinski definition) is 0. The fourth-order valence-corrected chi connectivity index (χ4v) is 3.17. The van der Waals surface area contributed by atoms with Gasteiger partial charge in [-0.25, -0.2) is 0 Å². The molecule has 0 saturated carbocycles. The van der Waals surface area contributed by atoms with Crippen LogP contribution in [-0.2, 0) is 19.1 Å². The summed E-state index contributed by atoms with van der Waals surface area (Å²) in [5, 5.41) is 0. The van der Waals surface area contributed by atoms with Crippen LogP contribution in [0.1, 0.15) is 26.2 Å². The van der Waals surface area contributed by atoms with E-state index in [0.29, 0.717) is 25.6 Å². The monoisotopic (exact) mass is 312 g/mol. The summed E-state index contributed by atoms with van der Waals surface area (Å²) in [6.07, 6.45) is 2.55. The van der Waals surface area contributed by atoms with E-state index in [0.717, 1.165) is 39.0 Å². The Hall–Kier alpha value is -1.14. The van der Waals surface area contributed by atoms with Gasteiger partial charge in [-0.2, -0.15) is 0 Å². The minimum absolute atomic E-state index is 0.0317. The van der Waals surface area contributed by atoms with Crippen molar-refractivity contribution in [2.75, 3.05) is 53.1 Å². The lowest BCUT2D eigenvalue weighted by atomic mass is 9.95. The third-order valence-electron chi connectivity index (χ3n) is 4.56. The summed E-state index contributed by atoms with van der Waals surface area (Å²) in [6, 6.07) is 0. The molecule has 0 N–H and O–H groups in total. The second-order valence-electron chi connectivity index (χ2n) is 6.24. The molecule has 0 bridgehead atoms. The lowest BCUT2D eigenvalue weighted by molar-refractivity contribution is -0.142. The van der Waals surface area contributed by atoms with Crippen molar-refractivity contribution < 1.29 is 19.1 Å². The molecule has 2 aliphatic heterocycles. The second-order valence-corrected chi connectivity index (χ2v) is 6.24. The lowest BCUT2D eigenvalue weighted by Crippen LogP contribution is -2.45. The van der Waals surface area contributed by atoms with Gasteiger partial charge in [-0.1, -0.05) is 0 Å². The summed E-state index contributed by atoms with van der Waals surface area (Å²) in [6.45, 7) is 6.25. The maximum Gasteiger partial charge on any atom is 0.248 e. The van der Waals surface area contributed by atoms with Gasteiger partial charge < -0.3 is 19.3 Å². The van der Waals surface area contributed by atoms with Crippen molar-refractivity contribution in [3.63, 3.8) is 0 Å². The fraction of sp³-hybridized carbons (Fsp3) is 0.875. The van der Waals surface area contributed by atoms with Gasteiger partial charge >= 0.3 is 0 Å². The Morgan fingerprint density at radius 3 is 2.59 bits per heavy atom. The third-order valence-corrected chi connectivity index (χ3v) is 4.56. The molecule has 1 atom stereocenters. The molecule has 2 heterocycles. The highest BCUT2D eigenvalue weighted by Gasteiger charge is 2.30. The molecule has 2 saturated heterocycles. The minimum Gasteiger partial charge on any atom is -0.381 e. The highest BCUT2D eigenvalue weighted by atomic mass is 16.5. The van der Waals surface area contributed by atoms with E-state index in [4.69, 9.17) is 9.47 Å². The molecule has 2 aliphatic rings. The predicted molar refractivity (Wildman–Crippen MR) is 82.4 cm³/mol. The largest absolute Gasteiger partial charge is 0.381 e. The molecule has 22 heavy (non-hydrogen) atoms. The van der Waals surface area contributed by atoms with Crippen LogP contribution < -0.4 is 0 Å². The summed E-state index contributed by atoms with van der Waals surface area (Å²) in [7, 11) is 1.88. The number of hydrogen-bond acceptors (Lipinski definition) is 4. The topological polar surface area (TPSA) is 59.1 Å². The Morgan fingerprint density at radius 2 is 2.00 bits per heavy atom. The van der Waals surface area contributed by atoms with Gasteiger partial charge in [0.1, 0.15) is 6.61 Å². The van der Waals surface area contributed by atoms with Crippen LogP contribution in [0.2, 0.25) is 0 Å². The first-order chi connectivity index (χ1) is 10.6. The van der Waals surface area contributed by atoms with E-state index in [1.165, 1.54) is 0 Å². The van der Waals surface area contributed by atoms with Crippen LogP contribution in [0.4, 0.5) is 0 Å². The fourth-order valence-electron chi connectivity index (χ4n) is 3.17. The van der Waals surface area contributed by atoms with Gasteiger partial charge in [0, 0.05) is 51.7 Å². The number of carbonyl (C=O) groups excluding carboxylic acids is 2. The van der Waals surface area contributed by atoms with Crippen molar-refractivity contribution >= 4 is 11.8 Å². The van der Waals surface area contributed by atoms with Gasteiger partial charge in [-0.3, -0.25) is 9.59 Å². The first-order valence-corrected chi connectivity index (χ1v) is 8.30. The Morgan fingerprint density at radius 1 is 1.27 bits per heavy atom. The number of nitrogens with zero attached hydrogens (tertiary/aromatic N) is 2. The number of amides is 2. The second kappa shape index (κ2) is 8.48. The number of carbonyl (C=O) groups is 2. The van der Waals surface area contributed by atoms with Gasteiger partial charge in [0.05, 0.1) is 6.61 Å². The highest BCUT2D eigenvalue weighted by molar-refractivity contribution is 5.80. The molecule has 2 amide bonds. The van der Waals surface area contributed by atoms with Crippen LogP contribution in [0.5, 0.6) is 0 Å². The van der Waals surface area contributed by atoms with Crippen LogP contribution >= 0.6 is 0 Å². The molecule has 0 spiro atoms. The van der Waals surface area contributed by atoms with Crippen molar-refractivity contribution in [2.45, 2.75) is 26.2 Å². The van der Waals surface area contributed by atoms with Crippen LogP contribution in [0.3, 0.4) is 0 Å². The average molecular weight is 312 g/mol. The molecular formula is C16H28N2O4. The van der Waals surface area contributed by atoms with E-state index in [-0.39, 0.29) is 24.3 Å². The predicted octanol–water partition coefficient (Wildman–Crippen LogP) is 0.756. The maximum atomic E-state index is 12.5. The molecule has 0 aromatic rings. The van der Waals surface area contributed by atoms with Crippen LogP contribution in [0.15, 0.2) is 0 Å². The molecule has 1 unspecified atom stereocenters. The molecule has 6 heteroatoms. The maximum absolute atomic E-state index is 12.5. The summed E-state index contributed by atoms with van der Waals surface area (Å²) in [4.78, 5) is 28.0. The van der Waals surface area contributed by atoms with E-state index >= 15 is 0 Å². The number of rotatable bonds is 6. The molecule has 0 radical (unpaired) electrons. The molecular weight excluding hydrogens is 284 g/mol. The van der Waals surface area contributed by atoms with Crippen molar-refractivity contribution in [3.8, 4) is 0 Å². The Labute approximate surface area is 132 Å². The van der Waals surface area contributed by atoms with Crippen molar-refractivity contribution in [2.24, 2.45) is 11.8 Å².